The van der Waals surface area contributed by atoms with Gasteiger partial charge in [-0.05, 0) is 23.3 Å². The molecule has 0 saturated carbocycles. The van der Waals surface area contributed by atoms with Crippen LogP contribution in [-0.4, -0.2) is 18.3 Å². The molecule has 1 unspecified atom stereocenters. The lowest BCUT2D eigenvalue weighted by molar-refractivity contribution is -0.128. The average Bonchev–Trinajstić information content (AvgIpc) is 2.65. The fraction of sp³-hybridized carbons (Fsp3) is 0.286. The first-order valence-electron chi connectivity index (χ1n) is 8.56. The van der Waals surface area contributed by atoms with Gasteiger partial charge >= 0.3 is 6.09 Å². The van der Waals surface area contributed by atoms with Gasteiger partial charge in [-0.3, -0.25) is 14.9 Å². The molecule has 0 bridgehead atoms. The molecule has 0 saturated heterocycles. The summed E-state index contributed by atoms with van der Waals surface area (Å²) in [6.45, 7) is 5.46. The summed E-state index contributed by atoms with van der Waals surface area (Å²) in [5.41, 5.74) is 1.37. The van der Waals surface area contributed by atoms with E-state index in [2.05, 4.69) is 10.6 Å². The molecule has 0 spiro atoms. The highest BCUT2D eigenvalue weighted by atomic mass is 16.5. The second-order valence-electron chi connectivity index (χ2n) is 7.08. The number of rotatable bonds is 6. The first-order valence-corrected chi connectivity index (χ1v) is 8.56. The minimum absolute atomic E-state index is 0.172. The quantitative estimate of drug-likeness (QED) is 0.814. The third-order valence-corrected chi connectivity index (χ3v) is 3.78. The van der Waals surface area contributed by atoms with E-state index in [9.17, 15) is 14.4 Å². The monoisotopic (exact) mass is 367 g/mol. The molecule has 1 atom stereocenters. The zero-order chi connectivity index (χ0) is 19.9. The van der Waals surface area contributed by atoms with Gasteiger partial charge in [0.1, 0.15) is 12.6 Å². The Morgan fingerprint density at radius 1 is 1.04 bits per heavy atom. The predicted octanol–water partition coefficient (Wildman–Crippen LogP) is 3.75. The van der Waals surface area contributed by atoms with Crippen LogP contribution in [0.3, 0.4) is 0 Å². The molecule has 1 radical (unpaired) electrons. The van der Waals surface area contributed by atoms with Crippen molar-refractivity contribution in [3.63, 3.8) is 0 Å². The van der Waals surface area contributed by atoms with Crippen LogP contribution in [0.2, 0.25) is 0 Å². The molecule has 2 amide bonds. The molecule has 0 aliphatic heterocycles. The maximum absolute atomic E-state index is 12.0. The van der Waals surface area contributed by atoms with Crippen molar-refractivity contribution in [3.05, 3.63) is 65.7 Å². The van der Waals surface area contributed by atoms with Crippen LogP contribution in [0.5, 0.6) is 0 Å². The molecule has 0 fully saturated rings. The Bertz CT molecular complexity index is 780. The Morgan fingerprint density at radius 2 is 1.67 bits per heavy atom. The lowest BCUT2D eigenvalue weighted by Gasteiger charge is -2.21. The topological polar surface area (TPSA) is 84.5 Å². The van der Waals surface area contributed by atoms with E-state index in [1.54, 1.807) is 45.0 Å². The van der Waals surface area contributed by atoms with Gasteiger partial charge in [0.15, 0.2) is 0 Å². The highest BCUT2D eigenvalue weighted by molar-refractivity contribution is 5.86. The molecule has 2 aromatic carbocycles. The van der Waals surface area contributed by atoms with Gasteiger partial charge in [0.25, 0.3) is 0 Å². The largest absolute Gasteiger partial charge is 0.444 e. The van der Waals surface area contributed by atoms with Gasteiger partial charge in [-0.2, -0.15) is 0 Å². The molecular formula is C21H23N2O4. The van der Waals surface area contributed by atoms with Crippen molar-refractivity contribution in [2.45, 2.75) is 33.4 Å². The van der Waals surface area contributed by atoms with Crippen molar-refractivity contribution >= 4 is 24.0 Å². The van der Waals surface area contributed by atoms with Gasteiger partial charge < -0.3 is 10.1 Å². The van der Waals surface area contributed by atoms with E-state index < -0.39 is 17.6 Å². The van der Waals surface area contributed by atoms with E-state index in [1.807, 2.05) is 36.6 Å². The minimum atomic E-state index is -0.865. The summed E-state index contributed by atoms with van der Waals surface area (Å²) in [7, 11) is 0. The summed E-state index contributed by atoms with van der Waals surface area (Å²) in [5.74, 6) is -0.248. The van der Waals surface area contributed by atoms with Crippen LogP contribution >= 0.6 is 0 Å². The highest BCUT2D eigenvalue weighted by Crippen LogP contribution is 2.19. The first kappa shape index (κ1) is 20.2. The molecule has 0 aromatic heterocycles. The number of carbonyl (C=O) groups is 2. The smallest absolute Gasteiger partial charge is 0.411 e. The van der Waals surface area contributed by atoms with Crippen molar-refractivity contribution in [1.82, 2.24) is 5.32 Å². The molecule has 2 N–H and O–H groups in total. The molecule has 141 valence electrons. The van der Waals surface area contributed by atoms with Gasteiger partial charge in [0, 0.05) is 11.1 Å². The van der Waals surface area contributed by atoms with Gasteiger partial charge in [0.05, 0.1) is 0 Å². The Labute approximate surface area is 158 Å². The number of anilines is 1. The standard InChI is InChI=1S/C21H23N2O4/c1-21(2,3)19(25)23-18(13-24)16-9-11-17(12-10-16)22-20(26)27-14-15-7-5-4-6-8-15/h4-12,18H,14H2,1-3H3,(H,22,26)(H,23,25). The zero-order valence-corrected chi connectivity index (χ0v) is 15.6. The summed E-state index contributed by atoms with van der Waals surface area (Å²) in [6.07, 6.45) is 1.25. The number of carbonyl (C=O) groups excluding carboxylic acids is 3. The zero-order valence-electron chi connectivity index (χ0n) is 15.6. The van der Waals surface area contributed by atoms with Crippen LogP contribution in [0.1, 0.15) is 37.9 Å². The third kappa shape index (κ3) is 6.26. The molecule has 6 heteroatoms. The van der Waals surface area contributed by atoms with Crippen LogP contribution in [0, 0.1) is 5.41 Å². The van der Waals surface area contributed by atoms with E-state index >= 15 is 0 Å². The molecule has 6 nitrogen and oxygen atoms in total. The molecule has 0 aliphatic rings. The van der Waals surface area contributed by atoms with Gasteiger partial charge in [0.2, 0.25) is 12.2 Å². The van der Waals surface area contributed by atoms with Crippen molar-refractivity contribution in [1.29, 1.82) is 0 Å². The molecule has 27 heavy (non-hydrogen) atoms. The summed E-state index contributed by atoms with van der Waals surface area (Å²) in [4.78, 5) is 35.1. The number of ether oxygens (including phenoxy) is 1. The van der Waals surface area contributed by atoms with Gasteiger partial charge in [-0.15, -0.1) is 0 Å². The molecule has 2 rings (SSSR count). The van der Waals surface area contributed by atoms with Crippen molar-refractivity contribution in [3.8, 4) is 0 Å². The van der Waals surface area contributed by atoms with Crippen LogP contribution in [0.25, 0.3) is 0 Å². The fourth-order valence-electron chi connectivity index (χ4n) is 2.16. The van der Waals surface area contributed by atoms with E-state index in [4.69, 9.17) is 4.74 Å². The lowest BCUT2D eigenvalue weighted by Crippen LogP contribution is -2.38. The van der Waals surface area contributed by atoms with Crippen molar-refractivity contribution in [2.75, 3.05) is 5.32 Å². The predicted molar refractivity (Wildman–Crippen MR) is 103 cm³/mol. The first-order chi connectivity index (χ1) is 12.8. The summed E-state index contributed by atoms with van der Waals surface area (Å²) >= 11 is 0. The lowest BCUT2D eigenvalue weighted by atomic mass is 9.94. The molecular weight excluding hydrogens is 344 g/mol. The third-order valence-electron chi connectivity index (χ3n) is 3.78. The van der Waals surface area contributed by atoms with E-state index in [0.717, 1.165) is 5.56 Å². The maximum Gasteiger partial charge on any atom is 0.411 e. The fourth-order valence-corrected chi connectivity index (χ4v) is 2.16. The van der Waals surface area contributed by atoms with Crippen LogP contribution in [-0.2, 0) is 20.9 Å². The van der Waals surface area contributed by atoms with Crippen LogP contribution in [0.4, 0.5) is 10.5 Å². The van der Waals surface area contributed by atoms with Gasteiger partial charge in [-0.25, -0.2) is 4.79 Å². The summed E-state index contributed by atoms with van der Waals surface area (Å²) in [6, 6.07) is 15.0. The maximum atomic E-state index is 12.0. The number of hydrogen-bond acceptors (Lipinski definition) is 4. The summed E-state index contributed by atoms with van der Waals surface area (Å²) in [5, 5.41) is 5.26. The Balaban J connectivity index is 1.92. The minimum Gasteiger partial charge on any atom is -0.444 e. The van der Waals surface area contributed by atoms with Gasteiger partial charge in [-0.1, -0.05) is 63.2 Å². The van der Waals surface area contributed by atoms with E-state index in [0.29, 0.717) is 11.3 Å². The number of nitrogens with one attached hydrogen (secondary N) is 2. The van der Waals surface area contributed by atoms with Crippen LogP contribution < -0.4 is 10.6 Å². The second-order valence-corrected chi connectivity index (χ2v) is 7.08. The highest BCUT2D eigenvalue weighted by Gasteiger charge is 2.24. The molecule has 0 heterocycles. The van der Waals surface area contributed by atoms with Crippen LogP contribution in [0.15, 0.2) is 54.6 Å². The summed E-state index contributed by atoms with van der Waals surface area (Å²) < 4.78 is 5.15. The Hall–Kier alpha value is -3.15. The molecule has 2 aromatic rings. The number of amides is 2. The SMILES string of the molecule is CC(C)(C)C(=O)NC([C]=O)c1ccc(NC(=O)OCc2ccccc2)cc1. The molecule has 0 aliphatic carbocycles. The van der Waals surface area contributed by atoms with E-state index in [1.165, 1.54) is 0 Å². The number of hydrogen-bond donors (Lipinski definition) is 2. The average molecular weight is 367 g/mol. The second kappa shape index (κ2) is 8.98. The van der Waals surface area contributed by atoms with Crippen molar-refractivity contribution < 1.29 is 19.1 Å². The Morgan fingerprint density at radius 3 is 2.22 bits per heavy atom. The Kier molecular flexibility index (Phi) is 6.71. The van der Waals surface area contributed by atoms with Crippen molar-refractivity contribution in [2.24, 2.45) is 5.41 Å². The number of benzene rings is 2. The van der Waals surface area contributed by atoms with E-state index in [-0.39, 0.29) is 12.5 Å². The normalized spacial score (nSPS) is 12.0.